The van der Waals surface area contributed by atoms with Crippen molar-refractivity contribution in [2.75, 3.05) is 13.1 Å². The second-order valence-electron chi connectivity index (χ2n) is 3.88. The Hall–Kier alpha value is -1.16. The Morgan fingerprint density at radius 2 is 2.40 bits per heavy atom. The number of likely N-dealkylation sites (tertiary alicyclic amines) is 1. The van der Waals surface area contributed by atoms with Gasteiger partial charge in [0.05, 0.1) is 5.56 Å². The Labute approximate surface area is 92.7 Å². The standard InChI is InChI=1S/C11H13NO2S/c1-8-6-12(4-2-10(8)13)11(14)9-3-5-15-7-9/h3,5,7-8H,2,4,6H2,1H3. The molecule has 0 N–H and O–H groups in total. The molecule has 1 aromatic heterocycles. The van der Waals surface area contributed by atoms with Gasteiger partial charge in [0.2, 0.25) is 0 Å². The predicted octanol–water partition coefficient (Wildman–Crippen LogP) is 1.80. The average Bonchev–Trinajstić information content (AvgIpc) is 2.74. The van der Waals surface area contributed by atoms with Gasteiger partial charge in [-0.1, -0.05) is 6.92 Å². The van der Waals surface area contributed by atoms with Gasteiger partial charge < -0.3 is 4.90 Å². The summed E-state index contributed by atoms with van der Waals surface area (Å²) in [7, 11) is 0. The summed E-state index contributed by atoms with van der Waals surface area (Å²) in [5.74, 6) is 0.307. The lowest BCUT2D eigenvalue weighted by Crippen LogP contribution is -2.43. The molecule has 1 aliphatic rings. The van der Waals surface area contributed by atoms with E-state index in [1.807, 2.05) is 23.8 Å². The molecule has 0 spiro atoms. The van der Waals surface area contributed by atoms with Crippen molar-refractivity contribution in [1.29, 1.82) is 0 Å². The number of amides is 1. The molecule has 1 saturated heterocycles. The van der Waals surface area contributed by atoms with Crippen molar-refractivity contribution < 1.29 is 9.59 Å². The van der Waals surface area contributed by atoms with Crippen LogP contribution in [-0.4, -0.2) is 29.7 Å². The number of hydrogen-bond donors (Lipinski definition) is 0. The van der Waals surface area contributed by atoms with E-state index in [0.29, 0.717) is 19.5 Å². The first kappa shape index (κ1) is 10.4. The summed E-state index contributed by atoms with van der Waals surface area (Å²) in [5, 5.41) is 3.75. The Bertz CT molecular complexity index is 372. The number of rotatable bonds is 1. The lowest BCUT2D eigenvalue weighted by molar-refractivity contribution is -0.124. The number of hydrogen-bond acceptors (Lipinski definition) is 3. The lowest BCUT2D eigenvalue weighted by atomic mass is 9.98. The smallest absolute Gasteiger partial charge is 0.254 e. The third-order valence-corrected chi connectivity index (χ3v) is 3.41. The molecule has 2 rings (SSSR count). The van der Waals surface area contributed by atoms with Crippen LogP contribution in [0.4, 0.5) is 0 Å². The number of piperidine rings is 1. The summed E-state index contributed by atoms with van der Waals surface area (Å²) < 4.78 is 0. The fraction of sp³-hybridized carbons (Fsp3) is 0.455. The molecule has 1 unspecified atom stereocenters. The Morgan fingerprint density at radius 3 is 3.00 bits per heavy atom. The maximum Gasteiger partial charge on any atom is 0.254 e. The molecule has 4 heteroatoms. The van der Waals surface area contributed by atoms with Crippen LogP contribution < -0.4 is 0 Å². The fourth-order valence-corrected chi connectivity index (χ4v) is 2.40. The van der Waals surface area contributed by atoms with E-state index in [4.69, 9.17) is 0 Å². The molecule has 0 radical (unpaired) electrons. The van der Waals surface area contributed by atoms with Crippen molar-refractivity contribution in [1.82, 2.24) is 4.90 Å². The van der Waals surface area contributed by atoms with Crippen molar-refractivity contribution in [2.24, 2.45) is 5.92 Å². The summed E-state index contributed by atoms with van der Waals surface area (Å²) >= 11 is 1.52. The van der Waals surface area contributed by atoms with E-state index in [1.165, 1.54) is 11.3 Å². The number of thiophene rings is 1. The van der Waals surface area contributed by atoms with Crippen LogP contribution in [0, 0.1) is 5.92 Å². The Morgan fingerprint density at radius 1 is 1.60 bits per heavy atom. The molecule has 0 aromatic carbocycles. The summed E-state index contributed by atoms with van der Waals surface area (Å²) in [6, 6.07) is 1.83. The highest BCUT2D eigenvalue weighted by Crippen LogP contribution is 2.16. The molecule has 0 bridgehead atoms. The predicted molar refractivity (Wildman–Crippen MR) is 59.0 cm³/mol. The second-order valence-corrected chi connectivity index (χ2v) is 4.66. The van der Waals surface area contributed by atoms with Crippen LogP contribution in [0.3, 0.4) is 0 Å². The molecule has 1 fully saturated rings. The van der Waals surface area contributed by atoms with Gasteiger partial charge in [-0.15, -0.1) is 0 Å². The van der Waals surface area contributed by atoms with Crippen molar-refractivity contribution in [2.45, 2.75) is 13.3 Å². The first-order chi connectivity index (χ1) is 7.18. The van der Waals surface area contributed by atoms with Crippen LogP contribution in [-0.2, 0) is 4.79 Å². The molecule has 3 nitrogen and oxygen atoms in total. The van der Waals surface area contributed by atoms with E-state index in [0.717, 1.165) is 5.56 Å². The van der Waals surface area contributed by atoms with E-state index in [9.17, 15) is 9.59 Å². The number of nitrogens with zero attached hydrogens (tertiary/aromatic N) is 1. The van der Waals surface area contributed by atoms with Crippen molar-refractivity contribution in [3.63, 3.8) is 0 Å². The van der Waals surface area contributed by atoms with Gasteiger partial charge in [0.25, 0.3) is 5.91 Å². The van der Waals surface area contributed by atoms with Crippen LogP contribution in [0.25, 0.3) is 0 Å². The topological polar surface area (TPSA) is 37.4 Å². The van der Waals surface area contributed by atoms with E-state index in [-0.39, 0.29) is 17.6 Å². The zero-order chi connectivity index (χ0) is 10.8. The van der Waals surface area contributed by atoms with Gasteiger partial charge in [-0.25, -0.2) is 0 Å². The maximum absolute atomic E-state index is 11.9. The third-order valence-electron chi connectivity index (χ3n) is 2.73. The molecule has 1 atom stereocenters. The first-order valence-corrected chi connectivity index (χ1v) is 5.97. The number of Topliss-reactive ketones (excluding diaryl/α,β-unsaturated/α-hetero) is 1. The number of ketones is 1. The Balaban J connectivity index is 2.06. The van der Waals surface area contributed by atoms with E-state index in [2.05, 4.69) is 0 Å². The van der Waals surface area contributed by atoms with Gasteiger partial charge in [-0.2, -0.15) is 11.3 Å². The van der Waals surface area contributed by atoms with Crippen molar-refractivity contribution in [3.8, 4) is 0 Å². The van der Waals surface area contributed by atoms with Gasteiger partial charge in [0.1, 0.15) is 5.78 Å². The molecule has 80 valence electrons. The monoisotopic (exact) mass is 223 g/mol. The van der Waals surface area contributed by atoms with Gasteiger partial charge >= 0.3 is 0 Å². The lowest BCUT2D eigenvalue weighted by Gasteiger charge is -2.29. The highest BCUT2D eigenvalue weighted by Gasteiger charge is 2.27. The molecular formula is C11H13NO2S. The Kier molecular flexibility index (Phi) is 2.86. The number of carbonyl (C=O) groups is 2. The SMILES string of the molecule is CC1CN(C(=O)c2ccsc2)CCC1=O. The molecule has 0 aliphatic carbocycles. The molecule has 2 heterocycles. The number of carbonyl (C=O) groups excluding carboxylic acids is 2. The normalized spacial score (nSPS) is 21.8. The zero-order valence-electron chi connectivity index (χ0n) is 8.60. The van der Waals surface area contributed by atoms with Crippen LogP contribution in [0.5, 0.6) is 0 Å². The van der Waals surface area contributed by atoms with Crippen molar-refractivity contribution >= 4 is 23.0 Å². The fourth-order valence-electron chi connectivity index (χ4n) is 1.77. The van der Waals surface area contributed by atoms with Gasteiger partial charge in [-0.3, -0.25) is 9.59 Å². The summed E-state index contributed by atoms with van der Waals surface area (Å²) in [6.07, 6.45) is 0.497. The summed E-state index contributed by atoms with van der Waals surface area (Å²) in [6.45, 7) is 3.01. The maximum atomic E-state index is 11.9. The molecule has 1 amide bonds. The van der Waals surface area contributed by atoms with E-state index in [1.54, 1.807) is 4.90 Å². The highest BCUT2D eigenvalue weighted by atomic mass is 32.1. The summed E-state index contributed by atoms with van der Waals surface area (Å²) in [5.41, 5.74) is 0.738. The average molecular weight is 223 g/mol. The zero-order valence-corrected chi connectivity index (χ0v) is 9.42. The largest absolute Gasteiger partial charge is 0.337 e. The quantitative estimate of drug-likeness (QED) is 0.728. The molecule has 1 aromatic rings. The van der Waals surface area contributed by atoms with Crippen LogP contribution in [0.15, 0.2) is 16.8 Å². The van der Waals surface area contributed by atoms with Crippen LogP contribution in [0.2, 0.25) is 0 Å². The van der Waals surface area contributed by atoms with Gasteiger partial charge in [-0.05, 0) is 11.4 Å². The van der Waals surface area contributed by atoms with E-state index < -0.39 is 0 Å². The minimum absolute atomic E-state index is 0.0127. The van der Waals surface area contributed by atoms with Crippen LogP contribution in [0.1, 0.15) is 23.7 Å². The van der Waals surface area contributed by atoms with Gasteiger partial charge in [0, 0.05) is 30.8 Å². The molecule has 1 aliphatic heterocycles. The van der Waals surface area contributed by atoms with Crippen LogP contribution >= 0.6 is 11.3 Å². The summed E-state index contributed by atoms with van der Waals surface area (Å²) in [4.78, 5) is 25.0. The third kappa shape index (κ3) is 2.09. The van der Waals surface area contributed by atoms with E-state index >= 15 is 0 Å². The minimum atomic E-state index is -0.0127. The highest BCUT2D eigenvalue weighted by molar-refractivity contribution is 7.08. The first-order valence-electron chi connectivity index (χ1n) is 5.02. The molecule has 0 saturated carbocycles. The second kappa shape index (κ2) is 4.14. The molecular weight excluding hydrogens is 210 g/mol. The van der Waals surface area contributed by atoms with Gasteiger partial charge in [0.15, 0.2) is 0 Å². The van der Waals surface area contributed by atoms with Crippen molar-refractivity contribution in [3.05, 3.63) is 22.4 Å². The molecule has 15 heavy (non-hydrogen) atoms. The minimum Gasteiger partial charge on any atom is -0.337 e.